The maximum absolute atomic E-state index is 12.2. The zero-order valence-corrected chi connectivity index (χ0v) is 13.9. The lowest BCUT2D eigenvalue weighted by atomic mass is 10.1. The van der Waals surface area contributed by atoms with Gasteiger partial charge in [0.1, 0.15) is 11.7 Å². The molecule has 4 rings (SSSR count). The van der Waals surface area contributed by atoms with Crippen LogP contribution in [0.15, 0.2) is 29.6 Å². The van der Waals surface area contributed by atoms with Gasteiger partial charge in [-0.15, -0.1) is 21.5 Å². The van der Waals surface area contributed by atoms with E-state index in [1.54, 1.807) is 15.9 Å². The van der Waals surface area contributed by atoms with Crippen LogP contribution >= 0.6 is 11.3 Å². The van der Waals surface area contributed by atoms with Gasteiger partial charge < -0.3 is 5.32 Å². The molecule has 0 radical (unpaired) electrons. The summed E-state index contributed by atoms with van der Waals surface area (Å²) in [6.45, 7) is 0.201. The summed E-state index contributed by atoms with van der Waals surface area (Å²) in [7, 11) is 0. The molecular weight excluding hydrogens is 342 g/mol. The van der Waals surface area contributed by atoms with Gasteiger partial charge >= 0.3 is 0 Å². The first-order chi connectivity index (χ1) is 12.2. The number of fused-ring (bicyclic) bond motifs is 1. The van der Waals surface area contributed by atoms with Crippen molar-refractivity contribution in [2.75, 3.05) is 0 Å². The molecule has 25 heavy (non-hydrogen) atoms. The fourth-order valence-electron chi connectivity index (χ4n) is 2.56. The quantitative estimate of drug-likeness (QED) is 0.617. The predicted octanol–water partition coefficient (Wildman–Crippen LogP) is 0.252. The summed E-state index contributed by atoms with van der Waals surface area (Å²) in [4.78, 5) is 24.4. The highest BCUT2D eigenvalue weighted by Crippen LogP contribution is 2.22. The smallest absolute Gasteiger partial charge is 0.239 e. The summed E-state index contributed by atoms with van der Waals surface area (Å²) >= 11 is 1.60. The average molecular weight is 357 g/mol. The molecule has 3 aromatic heterocycles. The van der Waals surface area contributed by atoms with Gasteiger partial charge in [0.05, 0.1) is 11.4 Å². The number of hydrazine groups is 1. The molecule has 3 aromatic rings. The lowest BCUT2D eigenvalue weighted by molar-refractivity contribution is -0.129. The minimum atomic E-state index is -0.452. The Morgan fingerprint density at radius 1 is 1.36 bits per heavy atom. The monoisotopic (exact) mass is 357 g/mol. The van der Waals surface area contributed by atoms with E-state index in [0.29, 0.717) is 24.3 Å². The number of carbonyl (C=O) groups is 2. The van der Waals surface area contributed by atoms with Crippen LogP contribution in [0.1, 0.15) is 18.7 Å². The number of rotatable bonds is 4. The lowest BCUT2D eigenvalue weighted by Gasteiger charge is -2.22. The Morgan fingerprint density at radius 3 is 3.04 bits per heavy atom. The molecule has 1 aliphatic heterocycles. The van der Waals surface area contributed by atoms with E-state index in [2.05, 4.69) is 31.5 Å². The van der Waals surface area contributed by atoms with E-state index in [4.69, 9.17) is 0 Å². The van der Waals surface area contributed by atoms with Crippen LogP contribution in [0.4, 0.5) is 0 Å². The van der Waals surface area contributed by atoms with E-state index in [1.807, 2.05) is 29.6 Å². The molecule has 10 heteroatoms. The van der Waals surface area contributed by atoms with Crippen molar-refractivity contribution in [3.63, 3.8) is 0 Å². The Balaban J connectivity index is 1.48. The van der Waals surface area contributed by atoms with Crippen molar-refractivity contribution in [1.82, 2.24) is 36.0 Å². The molecule has 0 bridgehead atoms. The largest absolute Gasteiger partial charge is 0.347 e. The predicted molar refractivity (Wildman–Crippen MR) is 90.2 cm³/mol. The second-order valence-corrected chi connectivity index (χ2v) is 6.53. The summed E-state index contributed by atoms with van der Waals surface area (Å²) in [5, 5.41) is 17.5. The van der Waals surface area contributed by atoms with E-state index in [9.17, 15) is 9.59 Å². The molecule has 4 heterocycles. The third-order valence-corrected chi connectivity index (χ3v) is 4.78. The number of amides is 2. The topological polar surface area (TPSA) is 113 Å². The Hall–Kier alpha value is -2.85. The number of carbonyl (C=O) groups excluding carboxylic acids is 2. The Kier molecular flexibility index (Phi) is 4.12. The average Bonchev–Trinajstić information content (AvgIpc) is 3.30. The maximum atomic E-state index is 12.2. The second-order valence-electron chi connectivity index (χ2n) is 5.58. The minimum Gasteiger partial charge on any atom is -0.347 e. The van der Waals surface area contributed by atoms with Crippen molar-refractivity contribution >= 4 is 28.8 Å². The molecule has 0 spiro atoms. The number of nitrogens with zero attached hydrogens (tertiary/aromatic N) is 4. The van der Waals surface area contributed by atoms with E-state index >= 15 is 0 Å². The fourth-order valence-corrected chi connectivity index (χ4v) is 3.25. The highest BCUT2D eigenvalue weighted by Gasteiger charge is 2.24. The van der Waals surface area contributed by atoms with Crippen LogP contribution in [0.3, 0.4) is 0 Å². The third-order valence-electron chi connectivity index (χ3n) is 3.88. The highest BCUT2D eigenvalue weighted by molar-refractivity contribution is 7.13. The van der Waals surface area contributed by atoms with Gasteiger partial charge in [-0.05, 0) is 30.0 Å². The molecule has 0 aromatic carbocycles. The Bertz CT molecular complexity index is 911. The van der Waals surface area contributed by atoms with Crippen LogP contribution < -0.4 is 16.2 Å². The van der Waals surface area contributed by atoms with Gasteiger partial charge in [-0.3, -0.25) is 15.0 Å². The van der Waals surface area contributed by atoms with Gasteiger partial charge in [-0.2, -0.15) is 9.61 Å². The maximum Gasteiger partial charge on any atom is 0.239 e. The zero-order valence-electron chi connectivity index (χ0n) is 13.1. The fraction of sp³-hybridized carbons (Fsp3) is 0.267. The molecular formula is C15H15N7O2S. The Morgan fingerprint density at radius 2 is 2.28 bits per heavy atom. The summed E-state index contributed by atoms with van der Waals surface area (Å²) in [5.41, 5.74) is 6.60. The van der Waals surface area contributed by atoms with Crippen molar-refractivity contribution in [3.8, 4) is 10.6 Å². The molecule has 1 atom stereocenters. The number of thiophene rings is 1. The van der Waals surface area contributed by atoms with Crippen LogP contribution in [0.5, 0.6) is 0 Å². The number of hydrogen-bond acceptors (Lipinski definition) is 7. The summed E-state index contributed by atoms with van der Waals surface area (Å²) in [5.74, 6) is 0.227. The summed E-state index contributed by atoms with van der Waals surface area (Å²) < 4.78 is 1.63. The molecule has 1 fully saturated rings. The van der Waals surface area contributed by atoms with Gasteiger partial charge in [0.2, 0.25) is 11.8 Å². The summed E-state index contributed by atoms with van der Waals surface area (Å²) in [6.07, 6.45) is 0.781. The van der Waals surface area contributed by atoms with E-state index in [0.717, 1.165) is 10.6 Å². The second kappa shape index (κ2) is 6.57. The first kappa shape index (κ1) is 15.7. The minimum absolute atomic E-state index is 0.113. The molecule has 2 amide bonds. The van der Waals surface area contributed by atoms with Gasteiger partial charge in [-0.25, -0.2) is 5.43 Å². The van der Waals surface area contributed by atoms with Gasteiger partial charge in [0.15, 0.2) is 11.5 Å². The van der Waals surface area contributed by atoms with E-state index < -0.39 is 6.04 Å². The Labute approximate surface area is 146 Å². The normalized spacial score (nSPS) is 17.4. The molecule has 0 aliphatic carbocycles. The van der Waals surface area contributed by atoms with Crippen molar-refractivity contribution < 1.29 is 9.59 Å². The van der Waals surface area contributed by atoms with Crippen LogP contribution in [0, 0.1) is 0 Å². The number of aromatic nitrogens is 4. The highest BCUT2D eigenvalue weighted by atomic mass is 32.1. The third kappa shape index (κ3) is 3.21. The zero-order chi connectivity index (χ0) is 17.2. The molecule has 9 nitrogen and oxygen atoms in total. The van der Waals surface area contributed by atoms with Gasteiger partial charge in [-0.1, -0.05) is 6.07 Å². The first-order valence-corrected chi connectivity index (χ1v) is 8.66. The molecule has 1 aliphatic rings. The lowest BCUT2D eigenvalue weighted by Crippen LogP contribution is -2.55. The molecule has 3 N–H and O–H groups in total. The summed E-state index contributed by atoms with van der Waals surface area (Å²) in [6, 6.07) is 7.25. The standard InChI is InChI=1S/C15H15N7O2S/c23-14-6-4-10(17-20-14)15(24)16-8-13-19-18-12-5-3-9(21-22(12)13)11-2-1-7-25-11/h1-3,5,7,10,17H,4,6,8H2,(H,16,24)(H,20,23). The van der Waals surface area contributed by atoms with Crippen LogP contribution in [-0.4, -0.2) is 37.7 Å². The SMILES string of the molecule is O=C1CCC(C(=O)NCc2nnc3ccc(-c4cccs4)nn23)NN1. The van der Waals surface area contributed by atoms with Crippen LogP contribution in [-0.2, 0) is 16.1 Å². The molecule has 1 unspecified atom stereocenters. The number of hydrogen-bond donors (Lipinski definition) is 3. The van der Waals surface area contributed by atoms with Crippen LogP contribution in [0.2, 0.25) is 0 Å². The molecule has 128 valence electrons. The molecule has 1 saturated heterocycles. The van der Waals surface area contributed by atoms with Gasteiger partial charge in [0, 0.05) is 6.42 Å². The van der Waals surface area contributed by atoms with Crippen molar-refractivity contribution in [1.29, 1.82) is 0 Å². The van der Waals surface area contributed by atoms with Crippen molar-refractivity contribution in [2.24, 2.45) is 0 Å². The molecule has 0 saturated carbocycles. The van der Waals surface area contributed by atoms with Crippen molar-refractivity contribution in [3.05, 3.63) is 35.5 Å². The van der Waals surface area contributed by atoms with Crippen molar-refractivity contribution in [2.45, 2.75) is 25.4 Å². The first-order valence-electron chi connectivity index (χ1n) is 7.78. The van der Waals surface area contributed by atoms with Gasteiger partial charge in [0.25, 0.3) is 0 Å². The number of nitrogens with one attached hydrogen (secondary N) is 3. The van der Waals surface area contributed by atoms with E-state index in [1.165, 1.54) is 0 Å². The van der Waals surface area contributed by atoms with Crippen LogP contribution in [0.25, 0.3) is 16.2 Å². The van der Waals surface area contributed by atoms with E-state index in [-0.39, 0.29) is 18.4 Å².